The normalized spacial score (nSPS) is 13.2. The van der Waals surface area contributed by atoms with Crippen LogP contribution in [0.25, 0.3) is 22.3 Å². The molecule has 4 aromatic rings. The van der Waals surface area contributed by atoms with Gasteiger partial charge in [0.2, 0.25) is 0 Å². The number of carbonyl (C=O) groups is 1. The lowest BCUT2D eigenvalue weighted by molar-refractivity contribution is 0.102. The molecule has 0 aliphatic carbocycles. The van der Waals surface area contributed by atoms with E-state index in [1.165, 1.54) is 0 Å². The molecule has 0 fully saturated rings. The first-order chi connectivity index (χ1) is 15.6. The molecule has 32 heavy (non-hydrogen) atoms. The number of anilines is 1. The number of rotatable bonds is 5. The Balaban J connectivity index is 1.56. The first-order valence-corrected chi connectivity index (χ1v) is 10.7. The fraction of sp³-hybridized carbons (Fsp3) is 0.250. The van der Waals surface area contributed by atoms with Gasteiger partial charge in [0.05, 0.1) is 41.1 Å². The number of fused-ring (bicyclic) bond motifs is 2. The van der Waals surface area contributed by atoms with Gasteiger partial charge in [-0.1, -0.05) is 18.2 Å². The Morgan fingerprint density at radius 1 is 1.16 bits per heavy atom. The van der Waals surface area contributed by atoms with Crippen LogP contribution in [-0.4, -0.2) is 38.1 Å². The van der Waals surface area contributed by atoms with Crippen LogP contribution >= 0.6 is 0 Å². The van der Waals surface area contributed by atoms with Crippen molar-refractivity contribution >= 4 is 22.6 Å². The van der Waals surface area contributed by atoms with Crippen molar-refractivity contribution in [2.45, 2.75) is 33.0 Å². The van der Waals surface area contributed by atoms with Crippen LogP contribution in [0.3, 0.4) is 0 Å². The zero-order valence-corrected chi connectivity index (χ0v) is 18.0. The first kappa shape index (κ1) is 20.1. The number of hydrogen-bond donors (Lipinski definition) is 2. The van der Waals surface area contributed by atoms with Gasteiger partial charge in [-0.2, -0.15) is 0 Å². The minimum atomic E-state index is -0.218. The van der Waals surface area contributed by atoms with E-state index in [1.54, 1.807) is 24.4 Å². The predicted octanol–water partition coefficient (Wildman–Crippen LogP) is 3.64. The lowest BCUT2D eigenvalue weighted by Gasteiger charge is -2.18. The van der Waals surface area contributed by atoms with Crippen molar-refractivity contribution < 1.29 is 9.53 Å². The average Bonchev–Trinajstić information content (AvgIpc) is 3.23. The van der Waals surface area contributed by atoms with E-state index in [9.17, 15) is 4.79 Å². The highest BCUT2D eigenvalue weighted by Crippen LogP contribution is 2.32. The Kier molecular flexibility index (Phi) is 5.28. The van der Waals surface area contributed by atoms with Crippen LogP contribution < -0.4 is 15.4 Å². The highest BCUT2D eigenvalue weighted by molar-refractivity contribution is 6.04. The van der Waals surface area contributed by atoms with E-state index in [0.29, 0.717) is 22.6 Å². The fourth-order valence-corrected chi connectivity index (χ4v) is 3.82. The summed E-state index contributed by atoms with van der Waals surface area (Å²) in [5.41, 5.74) is 2.99. The summed E-state index contributed by atoms with van der Waals surface area (Å²) in [5, 5.41) is 6.99. The summed E-state index contributed by atoms with van der Waals surface area (Å²) in [6.07, 6.45) is 3.55. The van der Waals surface area contributed by atoms with Gasteiger partial charge in [-0.3, -0.25) is 4.79 Å². The molecule has 8 nitrogen and oxygen atoms in total. The first-order valence-electron chi connectivity index (χ1n) is 10.7. The quantitative estimate of drug-likeness (QED) is 0.504. The van der Waals surface area contributed by atoms with Gasteiger partial charge in [-0.25, -0.2) is 15.0 Å². The summed E-state index contributed by atoms with van der Waals surface area (Å²) < 4.78 is 8.27. The van der Waals surface area contributed by atoms with Gasteiger partial charge in [0.1, 0.15) is 17.4 Å². The summed E-state index contributed by atoms with van der Waals surface area (Å²) in [7, 11) is 0. The van der Waals surface area contributed by atoms with Crippen LogP contribution in [0.2, 0.25) is 0 Å². The number of nitrogens with one attached hydrogen (secondary N) is 2. The van der Waals surface area contributed by atoms with Crippen molar-refractivity contribution in [3.8, 4) is 17.1 Å². The number of aromatic nitrogens is 4. The van der Waals surface area contributed by atoms with E-state index in [0.717, 1.165) is 42.2 Å². The van der Waals surface area contributed by atoms with Crippen LogP contribution in [0.4, 0.5) is 5.82 Å². The van der Waals surface area contributed by atoms with Crippen LogP contribution in [-0.2, 0) is 13.1 Å². The predicted molar refractivity (Wildman–Crippen MR) is 123 cm³/mol. The molecule has 1 aromatic carbocycles. The number of ether oxygens (including phenoxy) is 1. The van der Waals surface area contributed by atoms with Crippen LogP contribution in [0.15, 0.2) is 54.9 Å². The fourth-order valence-electron chi connectivity index (χ4n) is 3.82. The molecule has 3 aromatic heterocycles. The molecule has 0 bridgehead atoms. The number of nitrogens with zero attached hydrogens (tertiary/aromatic N) is 4. The molecule has 1 aliphatic rings. The van der Waals surface area contributed by atoms with Crippen molar-refractivity contribution in [2.75, 3.05) is 11.9 Å². The third-order valence-corrected chi connectivity index (χ3v) is 5.29. The minimum absolute atomic E-state index is 0.00512. The highest BCUT2D eigenvalue weighted by Gasteiger charge is 2.19. The van der Waals surface area contributed by atoms with Crippen molar-refractivity contribution in [1.29, 1.82) is 0 Å². The Morgan fingerprint density at radius 3 is 2.81 bits per heavy atom. The Labute approximate surface area is 185 Å². The molecule has 4 heterocycles. The third-order valence-electron chi connectivity index (χ3n) is 5.29. The standard InChI is InChI=1S/C24H24N6O2/c1-15(2)32-21-10-19(20-13-27-23-14-25-8-9-30(20)23)28-18-11-22(26-12-17(18)21)29-24(31)16-6-4-3-5-7-16/h3-7,10-13,15,25H,8-9,14H2,1-2H3,(H,26,29,31). The molecular formula is C24H24N6O2. The second-order valence-electron chi connectivity index (χ2n) is 7.97. The number of pyridine rings is 2. The molecule has 0 saturated heterocycles. The van der Waals surface area contributed by atoms with Crippen molar-refractivity contribution in [1.82, 2.24) is 24.8 Å². The summed E-state index contributed by atoms with van der Waals surface area (Å²) >= 11 is 0. The van der Waals surface area contributed by atoms with Gasteiger partial charge in [0.25, 0.3) is 5.91 Å². The second-order valence-corrected chi connectivity index (χ2v) is 7.97. The molecule has 0 radical (unpaired) electrons. The lowest BCUT2D eigenvalue weighted by atomic mass is 10.2. The Bertz CT molecular complexity index is 1280. The number of hydrogen-bond acceptors (Lipinski definition) is 6. The van der Waals surface area contributed by atoms with E-state index in [1.807, 2.05) is 44.3 Å². The molecule has 5 rings (SSSR count). The summed E-state index contributed by atoms with van der Waals surface area (Å²) in [4.78, 5) is 26.4. The van der Waals surface area contributed by atoms with E-state index < -0.39 is 0 Å². The summed E-state index contributed by atoms with van der Waals surface area (Å²) in [6.45, 7) is 6.43. The molecule has 1 amide bonds. The smallest absolute Gasteiger partial charge is 0.256 e. The van der Waals surface area contributed by atoms with E-state index in [2.05, 4.69) is 25.2 Å². The van der Waals surface area contributed by atoms with E-state index in [-0.39, 0.29) is 12.0 Å². The maximum absolute atomic E-state index is 12.6. The SMILES string of the molecule is CC(C)Oc1cc(-c2cnc3n2CCNC3)nc2cc(NC(=O)c3ccccc3)ncc12. The molecular weight excluding hydrogens is 404 g/mol. The Morgan fingerprint density at radius 2 is 2.00 bits per heavy atom. The minimum Gasteiger partial charge on any atom is -0.490 e. The molecule has 162 valence electrons. The van der Waals surface area contributed by atoms with Gasteiger partial charge in [-0.15, -0.1) is 0 Å². The van der Waals surface area contributed by atoms with Gasteiger partial charge in [0.15, 0.2) is 0 Å². The van der Waals surface area contributed by atoms with E-state index in [4.69, 9.17) is 9.72 Å². The van der Waals surface area contributed by atoms with Crippen LogP contribution in [0, 0.1) is 0 Å². The number of carbonyl (C=O) groups excluding carboxylic acids is 1. The topological polar surface area (TPSA) is 94.0 Å². The van der Waals surface area contributed by atoms with Gasteiger partial charge in [-0.05, 0) is 26.0 Å². The number of imidazole rings is 1. The van der Waals surface area contributed by atoms with Gasteiger partial charge in [0, 0.05) is 37.0 Å². The highest BCUT2D eigenvalue weighted by atomic mass is 16.5. The number of benzene rings is 1. The maximum Gasteiger partial charge on any atom is 0.256 e. The lowest BCUT2D eigenvalue weighted by Crippen LogP contribution is -2.28. The van der Waals surface area contributed by atoms with Crippen LogP contribution in [0.5, 0.6) is 5.75 Å². The number of amides is 1. The maximum atomic E-state index is 12.6. The van der Waals surface area contributed by atoms with Gasteiger partial charge < -0.3 is 19.9 Å². The van der Waals surface area contributed by atoms with Crippen molar-refractivity contribution in [3.63, 3.8) is 0 Å². The van der Waals surface area contributed by atoms with Crippen LogP contribution in [0.1, 0.15) is 30.0 Å². The van der Waals surface area contributed by atoms with Crippen molar-refractivity contribution in [2.24, 2.45) is 0 Å². The largest absolute Gasteiger partial charge is 0.490 e. The zero-order valence-electron chi connectivity index (χ0n) is 18.0. The Hall–Kier alpha value is -3.78. The van der Waals surface area contributed by atoms with Gasteiger partial charge >= 0.3 is 0 Å². The molecule has 8 heteroatoms. The molecule has 2 N–H and O–H groups in total. The summed E-state index contributed by atoms with van der Waals surface area (Å²) in [5.74, 6) is 1.92. The summed E-state index contributed by atoms with van der Waals surface area (Å²) in [6, 6.07) is 12.8. The second kappa shape index (κ2) is 8.39. The zero-order chi connectivity index (χ0) is 22.1. The molecule has 0 saturated carbocycles. The average molecular weight is 428 g/mol. The van der Waals surface area contributed by atoms with Crippen molar-refractivity contribution in [3.05, 3.63) is 66.2 Å². The monoisotopic (exact) mass is 428 g/mol. The van der Waals surface area contributed by atoms with E-state index >= 15 is 0 Å². The molecule has 0 atom stereocenters. The molecule has 0 spiro atoms. The molecule has 0 unspecified atom stereocenters. The molecule has 1 aliphatic heterocycles. The third kappa shape index (κ3) is 3.92.